The molecule has 0 saturated heterocycles. The third kappa shape index (κ3) is 4.69. The van der Waals surface area contributed by atoms with Crippen LogP contribution in [0.15, 0.2) is 30.3 Å². The van der Waals surface area contributed by atoms with Crippen LogP contribution in [0.4, 0.5) is 0 Å². The number of rotatable bonds is 3. The molecule has 0 spiro atoms. The second-order valence-electron chi connectivity index (χ2n) is 4.29. The van der Waals surface area contributed by atoms with Crippen LogP contribution in [0.2, 0.25) is 0 Å². The van der Waals surface area contributed by atoms with Gasteiger partial charge in [0.2, 0.25) is 0 Å². The van der Waals surface area contributed by atoms with E-state index in [1.807, 2.05) is 6.07 Å². The standard InChI is InChI=1S/C12H18N/c1-12(2,3)13-10-9-11-7-5-4-6-8-11/h4-8,10,13H,9H2,1-3H3. The molecule has 1 nitrogen and oxygen atoms in total. The summed E-state index contributed by atoms with van der Waals surface area (Å²) in [6, 6.07) is 10.5. The van der Waals surface area contributed by atoms with E-state index in [0.717, 1.165) is 6.42 Å². The summed E-state index contributed by atoms with van der Waals surface area (Å²) < 4.78 is 0. The van der Waals surface area contributed by atoms with Crippen molar-refractivity contribution in [2.45, 2.75) is 32.7 Å². The van der Waals surface area contributed by atoms with E-state index in [9.17, 15) is 0 Å². The zero-order chi connectivity index (χ0) is 9.73. The molecule has 1 aromatic carbocycles. The summed E-state index contributed by atoms with van der Waals surface area (Å²) in [4.78, 5) is 0. The summed E-state index contributed by atoms with van der Waals surface area (Å²) in [5, 5.41) is 3.35. The highest BCUT2D eigenvalue weighted by Gasteiger charge is 2.07. The van der Waals surface area contributed by atoms with Crippen molar-refractivity contribution in [3.8, 4) is 0 Å². The van der Waals surface area contributed by atoms with Crippen molar-refractivity contribution >= 4 is 0 Å². The quantitative estimate of drug-likeness (QED) is 0.746. The van der Waals surface area contributed by atoms with Gasteiger partial charge in [0.25, 0.3) is 0 Å². The third-order valence-electron chi connectivity index (χ3n) is 1.72. The normalized spacial score (nSPS) is 11.6. The van der Waals surface area contributed by atoms with E-state index in [1.165, 1.54) is 5.56 Å². The Kier molecular flexibility index (Phi) is 3.49. The van der Waals surface area contributed by atoms with Crippen LogP contribution in [0.3, 0.4) is 0 Å². The van der Waals surface area contributed by atoms with Gasteiger partial charge >= 0.3 is 0 Å². The molecule has 0 saturated carbocycles. The highest BCUT2D eigenvalue weighted by atomic mass is 14.9. The van der Waals surface area contributed by atoms with Crippen LogP contribution in [0, 0.1) is 6.54 Å². The van der Waals surface area contributed by atoms with Crippen LogP contribution in [0.5, 0.6) is 0 Å². The second kappa shape index (κ2) is 4.43. The maximum absolute atomic E-state index is 3.35. The number of hydrogen-bond donors (Lipinski definition) is 1. The first-order valence-corrected chi connectivity index (χ1v) is 4.71. The lowest BCUT2D eigenvalue weighted by Crippen LogP contribution is -2.34. The minimum Gasteiger partial charge on any atom is -0.307 e. The lowest BCUT2D eigenvalue weighted by Gasteiger charge is -2.19. The Balaban J connectivity index is 2.29. The first-order chi connectivity index (χ1) is 6.08. The molecular weight excluding hydrogens is 158 g/mol. The molecule has 0 heterocycles. The van der Waals surface area contributed by atoms with Crippen molar-refractivity contribution in [2.24, 2.45) is 0 Å². The summed E-state index contributed by atoms with van der Waals surface area (Å²) in [6.07, 6.45) is 0.984. The fourth-order valence-corrected chi connectivity index (χ4v) is 1.09. The fourth-order valence-electron chi connectivity index (χ4n) is 1.09. The highest BCUT2D eigenvalue weighted by molar-refractivity contribution is 5.16. The molecule has 0 atom stereocenters. The zero-order valence-electron chi connectivity index (χ0n) is 8.67. The molecule has 71 valence electrons. The van der Waals surface area contributed by atoms with Crippen LogP contribution < -0.4 is 5.32 Å². The molecule has 1 N–H and O–H groups in total. The van der Waals surface area contributed by atoms with Crippen molar-refractivity contribution < 1.29 is 0 Å². The molecule has 13 heavy (non-hydrogen) atoms. The van der Waals surface area contributed by atoms with Crippen LogP contribution in [0.1, 0.15) is 26.3 Å². The van der Waals surface area contributed by atoms with Crippen molar-refractivity contribution in [3.05, 3.63) is 42.4 Å². The summed E-state index contributed by atoms with van der Waals surface area (Å²) in [7, 11) is 0. The predicted molar refractivity (Wildman–Crippen MR) is 57.3 cm³/mol. The van der Waals surface area contributed by atoms with Crippen molar-refractivity contribution in [1.82, 2.24) is 5.32 Å². The van der Waals surface area contributed by atoms with Crippen LogP contribution >= 0.6 is 0 Å². The van der Waals surface area contributed by atoms with Gasteiger partial charge in [-0.2, -0.15) is 0 Å². The molecule has 0 aliphatic carbocycles. The van der Waals surface area contributed by atoms with Crippen LogP contribution in [-0.4, -0.2) is 5.54 Å². The molecule has 0 aliphatic rings. The van der Waals surface area contributed by atoms with E-state index in [-0.39, 0.29) is 5.54 Å². The Morgan fingerprint density at radius 1 is 1.15 bits per heavy atom. The smallest absolute Gasteiger partial charge is 0.0269 e. The molecule has 1 aromatic rings. The predicted octanol–water partition coefficient (Wildman–Crippen LogP) is 2.78. The number of nitrogens with one attached hydrogen (secondary N) is 1. The molecule has 0 bridgehead atoms. The van der Waals surface area contributed by atoms with E-state index >= 15 is 0 Å². The van der Waals surface area contributed by atoms with Crippen LogP contribution in [-0.2, 0) is 6.42 Å². The minimum atomic E-state index is 0.175. The average Bonchev–Trinajstić information content (AvgIpc) is 2.04. The first-order valence-electron chi connectivity index (χ1n) is 4.71. The van der Waals surface area contributed by atoms with Crippen molar-refractivity contribution in [3.63, 3.8) is 0 Å². The van der Waals surface area contributed by atoms with E-state index in [1.54, 1.807) is 0 Å². The molecule has 0 aliphatic heterocycles. The van der Waals surface area contributed by atoms with Crippen molar-refractivity contribution in [1.29, 1.82) is 0 Å². The average molecular weight is 176 g/mol. The lowest BCUT2D eigenvalue weighted by molar-refractivity contribution is 0.463. The molecule has 1 radical (unpaired) electrons. The van der Waals surface area contributed by atoms with E-state index < -0.39 is 0 Å². The molecule has 0 unspecified atom stereocenters. The SMILES string of the molecule is CC(C)(C)N[CH]Cc1ccccc1. The summed E-state index contributed by atoms with van der Waals surface area (Å²) in [5.41, 5.74) is 1.52. The number of hydrogen-bond acceptors (Lipinski definition) is 1. The topological polar surface area (TPSA) is 12.0 Å². The van der Waals surface area contributed by atoms with Gasteiger partial charge in [-0.25, -0.2) is 0 Å². The van der Waals surface area contributed by atoms with Crippen molar-refractivity contribution in [2.75, 3.05) is 0 Å². The Bertz CT molecular complexity index is 233. The molecule has 1 rings (SSSR count). The molecular formula is C12H18N. The van der Waals surface area contributed by atoms with Gasteiger partial charge in [0, 0.05) is 12.1 Å². The zero-order valence-corrected chi connectivity index (χ0v) is 8.67. The minimum absolute atomic E-state index is 0.175. The molecule has 0 aromatic heterocycles. The van der Waals surface area contributed by atoms with Gasteiger partial charge in [-0.1, -0.05) is 30.3 Å². The van der Waals surface area contributed by atoms with Gasteiger partial charge < -0.3 is 5.32 Å². The number of benzene rings is 1. The summed E-state index contributed by atoms with van der Waals surface area (Å²) >= 11 is 0. The second-order valence-corrected chi connectivity index (χ2v) is 4.29. The molecule has 1 heteroatoms. The van der Waals surface area contributed by atoms with E-state index in [0.29, 0.717) is 0 Å². The third-order valence-corrected chi connectivity index (χ3v) is 1.72. The maximum Gasteiger partial charge on any atom is 0.0269 e. The van der Waals surface area contributed by atoms with Crippen LogP contribution in [0.25, 0.3) is 0 Å². The van der Waals surface area contributed by atoms with E-state index in [2.05, 4.69) is 56.9 Å². The van der Waals surface area contributed by atoms with Gasteiger partial charge in [0.15, 0.2) is 0 Å². The fraction of sp³-hybridized carbons (Fsp3) is 0.417. The summed E-state index contributed by atoms with van der Waals surface area (Å²) in [6.45, 7) is 8.60. The Hall–Kier alpha value is -0.820. The molecule has 0 fully saturated rings. The largest absolute Gasteiger partial charge is 0.307 e. The molecule has 0 amide bonds. The maximum atomic E-state index is 3.35. The van der Waals surface area contributed by atoms with Gasteiger partial charge in [-0.15, -0.1) is 0 Å². The Morgan fingerprint density at radius 2 is 1.77 bits per heavy atom. The lowest BCUT2D eigenvalue weighted by atomic mass is 10.1. The summed E-state index contributed by atoms with van der Waals surface area (Å²) in [5.74, 6) is 0. The van der Waals surface area contributed by atoms with Gasteiger partial charge in [0.1, 0.15) is 0 Å². The Morgan fingerprint density at radius 3 is 2.31 bits per heavy atom. The van der Waals surface area contributed by atoms with E-state index in [4.69, 9.17) is 0 Å². The van der Waals surface area contributed by atoms with Gasteiger partial charge in [-0.3, -0.25) is 0 Å². The Labute approximate surface area is 81.2 Å². The highest BCUT2D eigenvalue weighted by Crippen LogP contribution is 2.04. The monoisotopic (exact) mass is 176 g/mol. The van der Waals surface area contributed by atoms with Gasteiger partial charge in [0.05, 0.1) is 0 Å². The first kappa shape index (κ1) is 10.3. The van der Waals surface area contributed by atoms with Gasteiger partial charge in [-0.05, 0) is 32.8 Å².